The fourth-order valence-electron chi connectivity index (χ4n) is 2.55. The summed E-state index contributed by atoms with van der Waals surface area (Å²) in [5.74, 6) is -0.666. The SMILES string of the molecule is COc1ccc(NC(=O)CN2C(=O)C(C)Oc3ccc([N+](=O)[O-])nc32)cc1. The lowest BCUT2D eigenvalue weighted by molar-refractivity contribution is -0.389. The number of benzene rings is 1. The Morgan fingerprint density at radius 1 is 1.33 bits per heavy atom. The van der Waals surface area contributed by atoms with Crippen LogP contribution < -0.4 is 19.7 Å². The monoisotopic (exact) mass is 372 g/mol. The molecule has 1 aromatic heterocycles. The number of rotatable bonds is 5. The number of hydrogen-bond acceptors (Lipinski definition) is 7. The minimum Gasteiger partial charge on any atom is -0.497 e. The molecule has 1 aliphatic heterocycles. The van der Waals surface area contributed by atoms with Crippen molar-refractivity contribution in [1.82, 2.24) is 4.98 Å². The van der Waals surface area contributed by atoms with Crippen molar-refractivity contribution in [3.63, 3.8) is 0 Å². The van der Waals surface area contributed by atoms with Crippen molar-refractivity contribution < 1.29 is 24.0 Å². The lowest BCUT2D eigenvalue weighted by atomic mass is 10.2. The molecule has 0 fully saturated rings. The number of aromatic nitrogens is 1. The third-order valence-corrected chi connectivity index (χ3v) is 3.86. The molecule has 1 atom stereocenters. The van der Waals surface area contributed by atoms with Gasteiger partial charge in [0.1, 0.15) is 12.3 Å². The van der Waals surface area contributed by atoms with Gasteiger partial charge in [0, 0.05) is 11.8 Å². The van der Waals surface area contributed by atoms with Gasteiger partial charge in [-0.25, -0.2) is 0 Å². The topological polar surface area (TPSA) is 124 Å². The first-order chi connectivity index (χ1) is 12.9. The molecule has 27 heavy (non-hydrogen) atoms. The first-order valence-corrected chi connectivity index (χ1v) is 7.96. The smallest absolute Gasteiger partial charge is 0.366 e. The normalized spacial score (nSPS) is 15.6. The standard InChI is InChI=1S/C17H16N4O6/c1-10-17(23)20(16-13(27-10)7-8-14(19-16)21(24)25)9-15(22)18-11-3-5-12(26-2)6-4-11/h3-8,10H,9H2,1-2H3,(H,18,22). The summed E-state index contributed by atoms with van der Waals surface area (Å²) in [7, 11) is 1.53. The molecule has 0 saturated heterocycles. The van der Waals surface area contributed by atoms with Gasteiger partial charge in [-0.3, -0.25) is 14.5 Å². The molecule has 10 heteroatoms. The number of carbonyl (C=O) groups excluding carboxylic acids is 2. The second-order valence-corrected chi connectivity index (χ2v) is 5.71. The number of nitro groups is 1. The Labute approximate surface area is 153 Å². The highest BCUT2D eigenvalue weighted by Crippen LogP contribution is 2.33. The molecule has 0 radical (unpaired) electrons. The van der Waals surface area contributed by atoms with Crippen LogP contribution in [0.25, 0.3) is 0 Å². The van der Waals surface area contributed by atoms with Crippen LogP contribution in [0.4, 0.5) is 17.3 Å². The molecule has 2 aromatic rings. The molecule has 140 valence electrons. The minimum absolute atomic E-state index is 0.0582. The molecule has 0 saturated carbocycles. The lowest BCUT2D eigenvalue weighted by Crippen LogP contribution is -2.48. The van der Waals surface area contributed by atoms with Gasteiger partial charge in [-0.1, -0.05) is 0 Å². The average Bonchev–Trinajstić information content (AvgIpc) is 2.65. The number of amides is 2. The molecule has 2 heterocycles. The molecule has 1 N–H and O–H groups in total. The maximum atomic E-state index is 12.4. The largest absolute Gasteiger partial charge is 0.497 e. The van der Waals surface area contributed by atoms with Crippen molar-refractivity contribution in [2.75, 3.05) is 23.9 Å². The second-order valence-electron chi connectivity index (χ2n) is 5.71. The van der Waals surface area contributed by atoms with Gasteiger partial charge >= 0.3 is 5.82 Å². The van der Waals surface area contributed by atoms with Crippen LogP contribution in [0.1, 0.15) is 6.92 Å². The zero-order chi connectivity index (χ0) is 19.6. The van der Waals surface area contributed by atoms with Crippen molar-refractivity contribution in [2.45, 2.75) is 13.0 Å². The highest BCUT2D eigenvalue weighted by Gasteiger charge is 2.37. The quantitative estimate of drug-likeness (QED) is 0.626. The van der Waals surface area contributed by atoms with Crippen LogP contribution in [0.3, 0.4) is 0 Å². The maximum absolute atomic E-state index is 12.4. The number of nitrogens with one attached hydrogen (secondary N) is 1. The molecule has 1 aromatic carbocycles. The van der Waals surface area contributed by atoms with Crippen LogP contribution in [0, 0.1) is 10.1 Å². The maximum Gasteiger partial charge on any atom is 0.366 e. The van der Waals surface area contributed by atoms with Crippen LogP contribution >= 0.6 is 0 Å². The fourth-order valence-corrected chi connectivity index (χ4v) is 2.55. The van der Waals surface area contributed by atoms with Gasteiger partial charge in [-0.05, 0) is 47.2 Å². The summed E-state index contributed by atoms with van der Waals surface area (Å²) < 4.78 is 10.5. The Balaban J connectivity index is 1.82. The van der Waals surface area contributed by atoms with Gasteiger partial charge < -0.3 is 24.9 Å². The van der Waals surface area contributed by atoms with Crippen LogP contribution in [0.5, 0.6) is 11.5 Å². The van der Waals surface area contributed by atoms with E-state index in [1.807, 2.05) is 0 Å². The zero-order valence-electron chi connectivity index (χ0n) is 14.5. The van der Waals surface area contributed by atoms with Crippen LogP contribution in [-0.4, -0.2) is 41.5 Å². The third-order valence-electron chi connectivity index (χ3n) is 3.86. The average molecular weight is 372 g/mol. The molecule has 10 nitrogen and oxygen atoms in total. The third kappa shape index (κ3) is 3.78. The molecule has 1 unspecified atom stereocenters. The Kier molecular flexibility index (Phi) is 4.88. The van der Waals surface area contributed by atoms with Gasteiger partial charge in [0.2, 0.25) is 5.91 Å². The van der Waals surface area contributed by atoms with Crippen LogP contribution in [-0.2, 0) is 9.59 Å². The van der Waals surface area contributed by atoms with E-state index in [0.29, 0.717) is 11.4 Å². The zero-order valence-corrected chi connectivity index (χ0v) is 14.5. The van der Waals surface area contributed by atoms with Gasteiger partial charge in [0.05, 0.1) is 7.11 Å². The van der Waals surface area contributed by atoms with E-state index in [0.717, 1.165) is 4.90 Å². The Morgan fingerprint density at radius 2 is 2.04 bits per heavy atom. The molecular formula is C17H16N4O6. The number of fused-ring (bicyclic) bond motifs is 1. The molecule has 1 aliphatic rings. The van der Waals surface area contributed by atoms with Crippen molar-refractivity contribution >= 4 is 29.1 Å². The lowest BCUT2D eigenvalue weighted by Gasteiger charge is -2.28. The summed E-state index contributed by atoms with van der Waals surface area (Å²) in [6.45, 7) is 1.17. The van der Waals surface area contributed by atoms with E-state index in [2.05, 4.69) is 10.3 Å². The highest BCUT2D eigenvalue weighted by molar-refractivity contribution is 6.05. The minimum atomic E-state index is -0.838. The van der Waals surface area contributed by atoms with Crippen molar-refractivity contribution in [3.05, 3.63) is 46.5 Å². The number of nitrogens with zero attached hydrogens (tertiary/aromatic N) is 3. The summed E-state index contributed by atoms with van der Waals surface area (Å²) >= 11 is 0. The van der Waals surface area contributed by atoms with E-state index in [9.17, 15) is 19.7 Å². The first kappa shape index (κ1) is 18.1. The number of ether oxygens (including phenoxy) is 2. The van der Waals surface area contributed by atoms with Gasteiger partial charge in [-0.2, -0.15) is 0 Å². The summed E-state index contributed by atoms with van der Waals surface area (Å²) in [6.07, 6.45) is -0.838. The van der Waals surface area contributed by atoms with E-state index < -0.39 is 28.7 Å². The molecule has 0 aliphatic carbocycles. The number of carbonyl (C=O) groups is 2. The first-order valence-electron chi connectivity index (χ1n) is 7.96. The number of pyridine rings is 1. The van der Waals surface area contributed by atoms with Crippen LogP contribution in [0.2, 0.25) is 0 Å². The molecule has 3 rings (SSSR count). The van der Waals surface area contributed by atoms with Gasteiger partial charge in [0.25, 0.3) is 11.7 Å². The summed E-state index contributed by atoms with van der Waals surface area (Å²) in [4.78, 5) is 40.0. The van der Waals surface area contributed by atoms with E-state index in [1.54, 1.807) is 24.3 Å². The molecule has 0 bridgehead atoms. The Hall–Kier alpha value is -3.69. The van der Waals surface area contributed by atoms with E-state index in [1.165, 1.54) is 26.2 Å². The molecule has 0 spiro atoms. The number of hydrogen-bond donors (Lipinski definition) is 1. The summed E-state index contributed by atoms with van der Waals surface area (Å²) in [5.41, 5.74) is 0.516. The summed E-state index contributed by atoms with van der Waals surface area (Å²) in [5, 5.41) is 13.6. The molecular weight excluding hydrogens is 356 g/mol. The van der Waals surface area contributed by atoms with Gasteiger partial charge in [0.15, 0.2) is 11.9 Å². The molecule has 2 amide bonds. The second kappa shape index (κ2) is 7.28. The van der Waals surface area contributed by atoms with E-state index in [4.69, 9.17) is 9.47 Å². The number of anilines is 2. The highest BCUT2D eigenvalue weighted by atomic mass is 16.6. The fraction of sp³-hybridized carbons (Fsp3) is 0.235. The van der Waals surface area contributed by atoms with Crippen molar-refractivity contribution in [2.24, 2.45) is 0 Å². The predicted octanol–water partition coefficient (Wildman–Crippen LogP) is 1.75. The Bertz CT molecular complexity index is 899. The number of methoxy groups -OCH3 is 1. The van der Waals surface area contributed by atoms with Gasteiger partial charge in [-0.15, -0.1) is 0 Å². The van der Waals surface area contributed by atoms with Crippen molar-refractivity contribution in [1.29, 1.82) is 0 Å². The Morgan fingerprint density at radius 3 is 2.67 bits per heavy atom. The van der Waals surface area contributed by atoms with Crippen LogP contribution in [0.15, 0.2) is 36.4 Å². The predicted molar refractivity (Wildman–Crippen MR) is 95.0 cm³/mol. The van der Waals surface area contributed by atoms with E-state index >= 15 is 0 Å². The van der Waals surface area contributed by atoms with E-state index in [-0.39, 0.29) is 18.1 Å². The van der Waals surface area contributed by atoms with Crippen molar-refractivity contribution in [3.8, 4) is 11.5 Å². The summed E-state index contributed by atoms with van der Waals surface area (Å²) in [6, 6.07) is 9.19.